The lowest BCUT2D eigenvalue weighted by Crippen LogP contribution is -2.31. The summed E-state index contributed by atoms with van der Waals surface area (Å²) in [5, 5.41) is 5.24. The van der Waals surface area contributed by atoms with E-state index in [1.165, 1.54) is 25.7 Å². The third-order valence-electron chi connectivity index (χ3n) is 5.10. The second kappa shape index (κ2) is 4.48. The Morgan fingerprint density at radius 3 is 2.48 bits per heavy atom. The van der Waals surface area contributed by atoms with E-state index in [0.29, 0.717) is 16.7 Å². The molecule has 2 fully saturated rings. The minimum Gasteiger partial charge on any atom is -0.398 e. The van der Waals surface area contributed by atoms with Crippen LogP contribution in [0.4, 0.5) is 5.69 Å². The van der Waals surface area contributed by atoms with Crippen molar-refractivity contribution in [1.29, 1.82) is 0 Å². The predicted molar refractivity (Wildman–Crippen MR) is 85.1 cm³/mol. The molecule has 3 nitrogen and oxygen atoms in total. The standard InChI is InChI=1S/C18H20N2O/c19-16-10-13-4-2-1-3-12(13)9-15(16)17(21)20-11-18(7-8-18)14-5-6-14/h1-4,9-10,14H,5-8,11,19H2,(H,20,21). The van der Waals surface area contributed by atoms with Gasteiger partial charge in [-0.2, -0.15) is 0 Å². The number of hydrogen-bond donors (Lipinski definition) is 2. The summed E-state index contributed by atoms with van der Waals surface area (Å²) in [7, 11) is 0. The molecule has 2 aliphatic carbocycles. The van der Waals surface area contributed by atoms with Crippen LogP contribution in [-0.4, -0.2) is 12.5 Å². The molecule has 2 aliphatic rings. The Bertz CT molecular complexity index is 714. The Hall–Kier alpha value is -2.03. The quantitative estimate of drug-likeness (QED) is 0.844. The van der Waals surface area contributed by atoms with E-state index in [0.717, 1.165) is 23.2 Å². The maximum Gasteiger partial charge on any atom is 0.253 e. The lowest BCUT2D eigenvalue weighted by molar-refractivity contribution is 0.0943. The number of nitrogen functional groups attached to an aromatic ring is 1. The molecule has 0 saturated heterocycles. The van der Waals surface area contributed by atoms with Gasteiger partial charge in [-0.25, -0.2) is 0 Å². The highest BCUT2D eigenvalue weighted by Crippen LogP contribution is 2.60. The Morgan fingerprint density at radius 1 is 1.19 bits per heavy atom. The van der Waals surface area contributed by atoms with Gasteiger partial charge in [0.1, 0.15) is 0 Å². The molecule has 0 unspecified atom stereocenters. The lowest BCUT2D eigenvalue weighted by Gasteiger charge is -2.16. The monoisotopic (exact) mass is 280 g/mol. The van der Waals surface area contributed by atoms with E-state index in [-0.39, 0.29) is 5.91 Å². The van der Waals surface area contributed by atoms with Crippen molar-refractivity contribution in [2.24, 2.45) is 11.3 Å². The average molecular weight is 280 g/mol. The number of hydrogen-bond acceptors (Lipinski definition) is 2. The molecule has 0 spiro atoms. The summed E-state index contributed by atoms with van der Waals surface area (Å²) >= 11 is 0. The Balaban J connectivity index is 1.54. The second-order valence-electron chi connectivity index (χ2n) is 6.61. The normalized spacial score (nSPS) is 19.4. The van der Waals surface area contributed by atoms with Crippen molar-refractivity contribution < 1.29 is 4.79 Å². The van der Waals surface area contributed by atoms with Gasteiger partial charge in [-0.1, -0.05) is 24.3 Å². The Kier molecular flexibility index (Phi) is 2.71. The molecule has 2 aromatic rings. The van der Waals surface area contributed by atoms with Crippen molar-refractivity contribution in [3.63, 3.8) is 0 Å². The van der Waals surface area contributed by atoms with Crippen molar-refractivity contribution in [3.05, 3.63) is 42.0 Å². The van der Waals surface area contributed by atoms with Crippen LogP contribution in [0.15, 0.2) is 36.4 Å². The molecule has 0 heterocycles. The molecule has 4 rings (SSSR count). The number of nitrogens with two attached hydrogens (primary N) is 1. The van der Waals surface area contributed by atoms with E-state index in [1.54, 1.807) is 0 Å². The fraction of sp³-hybridized carbons (Fsp3) is 0.389. The van der Waals surface area contributed by atoms with E-state index in [9.17, 15) is 4.79 Å². The molecule has 0 radical (unpaired) electrons. The summed E-state index contributed by atoms with van der Waals surface area (Å²) in [6.45, 7) is 0.808. The first-order chi connectivity index (χ1) is 10.2. The molecule has 0 atom stereocenters. The van der Waals surface area contributed by atoms with Gasteiger partial charge in [-0.05, 0) is 59.9 Å². The average Bonchev–Trinajstić information content (AvgIpc) is 3.37. The summed E-state index contributed by atoms with van der Waals surface area (Å²) in [5.74, 6) is 0.817. The van der Waals surface area contributed by atoms with Crippen molar-refractivity contribution in [3.8, 4) is 0 Å². The van der Waals surface area contributed by atoms with Gasteiger partial charge >= 0.3 is 0 Å². The topological polar surface area (TPSA) is 55.1 Å². The van der Waals surface area contributed by atoms with E-state index < -0.39 is 0 Å². The molecule has 21 heavy (non-hydrogen) atoms. The number of amides is 1. The third kappa shape index (κ3) is 2.27. The van der Waals surface area contributed by atoms with Crippen molar-refractivity contribution in [2.45, 2.75) is 25.7 Å². The number of carbonyl (C=O) groups excluding carboxylic acids is 1. The summed E-state index contributed by atoms with van der Waals surface area (Å²) in [6.07, 6.45) is 5.22. The van der Waals surface area contributed by atoms with Crippen LogP contribution in [0.1, 0.15) is 36.0 Å². The molecule has 1 amide bonds. The molecule has 3 N–H and O–H groups in total. The fourth-order valence-corrected chi connectivity index (χ4v) is 3.39. The van der Waals surface area contributed by atoms with E-state index in [1.807, 2.05) is 36.4 Å². The number of benzene rings is 2. The molecular weight excluding hydrogens is 260 g/mol. The van der Waals surface area contributed by atoms with Gasteiger partial charge in [0.05, 0.1) is 5.56 Å². The summed E-state index contributed by atoms with van der Waals surface area (Å²) in [4.78, 5) is 12.4. The highest BCUT2D eigenvalue weighted by atomic mass is 16.1. The van der Waals surface area contributed by atoms with Crippen molar-refractivity contribution >= 4 is 22.4 Å². The van der Waals surface area contributed by atoms with Crippen LogP contribution in [-0.2, 0) is 0 Å². The first kappa shape index (κ1) is 12.7. The Morgan fingerprint density at radius 2 is 1.86 bits per heavy atom. The smallest absolute Gasteiger partial charge is 0.253 e. The molecule has 108 valence electrons. The number of rotatable bonds is 4. The molecular formula is C18H20N2O. The van der Waals surface area contributed by atoms with Crippen LogP contribution in [0.2, 0.25) is 0 Å². The van der Waals surface area contributed by atoms with Gasteiger partial charge in [0.2, 0.25) is 0 Å². The van der Waals surface area contributed by atoms with Crippen LogP contribution < -0.4 is 11.1 Å². The summed E-state index contributed by atoms with van der Waals surface area (Å²) in [6, 6.07) is 11.8. The first-order valence-electron chi connectivity index (χ1n) is 7.74. The summed E-state index contributed by atoms with van der Waals surface area (Å²) < 4.78 is 0. The zero-order valence-electron chi connectivity index (χ0n) is 12.1. The maximum atomic E-state index is 12.4. The molecule has 2 saturated carbocycles. The number of fused-ring (bicyclic) bond motifs is 1. The minimum absolute atomic E-state index is 0.0369. The zero-order valence-corrected chi connectivity index (χ0v) is 12.1. The van der Waals surface area contributed by atoms with E-state index >= 15 is 0 Å². The number of carbonyl (C=O) groups is 1. The van der Waals surface area contributed by atoms with Crippen LogP contribution in [0, 0.1) is 11.3 Å². The van der Waals surface area contributed by atoms with E-state index in [4.69, 9.17) is 5.73 Å². The number of nitrogens with one attached hydrogen (secondary N) is 1. The fourth-order valence-electron chi connectivity index (χ4n) is 3.39. The molecule has 0 aliphatic heterocycles. The van der Waals surface area contributed by atoms with Crippen LogP contribution >= 0.6 is 0 Å². The van der Waals surface area contributed by atoms with Crippen LogP contribution in [0.3, 0.4) is 0 Å². The molecule has 2 aromatic carbocycles. The van der Waals surface area contributed by atoms with Gasteiger partial charge in [0, 0.05) is 12.2 Å². The largest absolute Gasteiger partial charge is 0.398 e. The third-order valence-corrected chi connectivity index (χ3v) is 5.10. The minimum atomic E-state index is -0.0369. The predicted octanol–water partition coefficient (Wildman–Crippen LogP) is 3.34. The summed E-state index contributed by atoms with van der Waals surface area (Å²) in [5.41, 5.74) is 7.63. The van der Waals surface area contributed by atoms with Gasteiger partial charge in [-0.15, -0.1) is 0 Å². The van der Waals surface area contributed by atoms with Crippen LogP contribution in [0.5, 0.6) is 0 Å². The van der Waals surface area contributed by atoms with Crippen molar-refractivity contribution in [2.75, 3.05) is 12.3 Å². The van der Waals surface area contributed by atoms with Gasteiger partial charge in [0.15, 0.2) is 0 Å². The molecule has 0 bridgehead atoms. The zero-order chi connectivity index (χ0) is 14.4. The Labute approximate surface area is 124 Å². The molecule has 3 heteroatoms. The van der Waals surface area contributed by atoms with Gasteiger partial charge in [-0.3, -0.25) is 4.79 Å². The number of anilines is 1. The first-order valence-corrected chi connectivity index (χ1v) is 7.74. The van der Waals surface area contributed by atoms with E-state index in [2.05, 4.69) is 5.32 Å². The van der Waals surface area contributed by atoms with Gasteiger partial charge < -0.3 is 11.1 Å². The molecule has 0 aromatic heterocycles. The highest BCUT2D eigenvalue weighted by molar-refractivity contribution is 6.03. The SMILES string of the molecule is Nc1cc2ccccc2cc1C(=O)NCC1(C2CC2)CC1. The second-order valence-corrected chi connectivity index (χ2v) is 6.61. The lowest BCUT2D eigenvalue weighted by atomic mass is 10.00. The van der Waals surface area contributed by atoms with Crippen molar-refractivity contribution in [1.82, 2.24) is 5.32 Å². The van der Waals surface area contributed by atoms with Gasteiger partial charge in [0.25, 0.3) is 5.91 Å². The highest BCUT2D eigenvalue weighted by Gasteiger charge is 2.53. The van der Waals surface area contributed by atoms with Crippen LogP contribution in [0.25, 0.3) is 10.8 Å². The maximum absolute atomic E-state index is 12.4.